The normalized spacial score (nSPS) is 11.0. The van der Waals surface area contributed by atoms with Gasteiger partial charge >= 0.3 is 0 Å². The van der Waals surface area contributed by atoms with Crippen molar-refractivity contribution < 1.29 is 4.79 Å². The van der Waals surface area contributed by atoms with E-state index in [1.165, 1.54) is 11.8 Å². The third kappa shape index (κ3) is 4.78. The second kappa shape index (κ2) is 8.95. The summed E-state index contributed by atoms with van der Waals surface area (Å²) in [4.78, 5) is 13.4. The van der Waals surface area contributed by atoms with E-state index in [0.29, 0.717) is 23.0 Å². The number of thioether (sulfide) groups is 1. The molecule has 0 aliphatic rings. The number of aromatic nitrogens is 1. The summed E-state index contributed by atoms with van der Waals surface area (Å²) in [6, 6.07) is 23.2. The summed E-state index contributed by atoms with van der Waals surface area (Å²) in [5.74, 6) is 0.243. The van der Waals surface area contributed by atoms with Crippen LogP contribution in [0.2, 0.25) is 10.0 Å². The van der Waals surface area contributed by atoms with Crippen molar-refractivity contribution in [3.05, 3.63) is 94.6 Å². The minimum atomic E-state index is -0.0693. The Kier molecular flexibility index (Phi) is 6.14. The number of hydrogen-bond donors (Lipinski definition) is 1. The number of amides is 1. The Morgan fingerprint density at radius 2 is 1.76 bits per heavy atom. The van der Waals surface area contributed by atoms with Crippen LogP contribution in [0.15, 0.2) is 83.9 Å². The van der Waals surface area contributed by atoms with Crippen LogP contribution >= 0.6 is 35.0 Å². The van der Waals surface area contributed by atoms with E-state index in [0.717, 1.165) is 26.4 Å². The van der Waals surface area contributed by atoms with Crippen molar-refractivity contribution in [3.63, 3.8) is 0 Å². The lowest BCUT2D eigenvalue weighted by atomic mass is 10.2. The summed E-state index contributed by atoms with van der Waals surface area (Å²) >= 11 is 13.8. The van der Waals surface area contributed by atoms with Crippen molar-refractivity contribution in [2.24, 2.45) is 0 Å². The van der Waals surface area contributed by atoms with E-state index in [-0.39, 0.29) is 5.91 Å². The molecule has 0 aliphatic heterocycles. The first-order chi connectivity index (χ1) is 14.1. The van der Waals surface area contributed by atoms with Crippen LogP contribution in [0.1, 0.15) is 5.56 Å². The van der Waals surface area contributed by atoms with E-state index < -0.39 is 0 Å². The molecule has 0 bridgehead atoms. The molecule has 1 heterocycles. The van der Waals surface area contributed by atoms with Gasteiger partial charge in [0.05, 0.1) is 5.75 Å². The van der Waals surface area contributed by atoms with Gasteiger partial charge in [-0.2, -0.15) is 0 Å². The number of carbonyl (C=O) groups excluding carboxylic acids is 1. The number of rotatable bonds is 6. The van der Waals surface area contributed by atoms with Crippen molar-refractivity contribution in [1.82, 2.24) is 4.57 Å². The molecule has 0 saturated heterocycles. The lowest BCUT2D eigenvalue weighted by Crippen LogP contribution is -2.13. The minimum absolute atomic E-state index is 0.0693. The maximum Gasteiger partial charge on any atom is 0.234 e. The number of fused-ring (bicyclic) bond motifs is 1. The predicted molar refractivity (Wildman–Crippen MR) is 123 cm³/mol. The summed E-state index contributed by atoms with van der Waals surface area (Å²) in [6.07, 6.45) is 2.09. The molecule has 0 fully saturated rings. The standard InChI is InChI=1S/C23H18Cl2N2OS/c24-17-7-5-8-18(12-17)26-23(28)15-29-22-14-27(21-11-4-2-9-19(21)22)13-16-6-1-3-10-20(16)25/h1-12,14H,13,15H2,(H,26,28). The van der Waals surface area contributed by atoms with Gasteiger partial charge in [-0.3, -0.25) is 4.79 Å². The zero-order valence-corrected chi connectivity index (χ0v) is 17.8. The van der Waals surface area contributed by atoms with Gasteiger partial charge in [0.1, 0.15) is 0 Å². The number of hydrogen-bond acceptors (Lipinski definition) is 2. The quantitative estimate of drug-likeness (QED) is 0.337. The van der Waals surface area contributed by atoms with Gasteiger partial charge in [0, 0.05) is 44.3 Å². The highest BCUT2D eigenvalue weighted by Crippen LogP contribution is 2.31. The fraction of sp³-hybridized carbons (Fsp3) is 0.0870. The number of benzene rings is 3. The number of carbonyl (C=O) groups is 1. The van der Waals surface area contributed by atoms with E-state index >= 15 is 0 Å². The van der Waals surface area contributed by atoms with Gasteiger partial charge in [-0.25, -0.2) is 0 Å². The molecular formula is C23H18Cl2N2OS. The van der Waals surface area contributed by atoms with E-state index in [1.807, 2.05) is 48.5 Å². The number of anilines is 1. The van der Waals surface area contributed by atoms with E-state index in [9.17, 15) is 4.79 Å². The lowest BCUT2D eigenvalue weighted by Gasteiger charge is -2.07. The Balaban J connectivity index is 1.52. The van der Waals surface area contributed by atoms with Gasteiger partial charge in [0.15, 0.2) is 0 Å². The van der Waals surface area contributed by atoms with Crippen molar-refractivity contribution >= 4 is 57.5 Å². The Morgan fingerprint density at radius 3 is 2.59 bits per heavy atom. The summed E-state index contributed by atoms with van der Waals surface area (Å²) in [5.41, 5.74) is 2.87. The van der Waals surface area contributed by atoms with Crippen LogP contribution in [0.5, 0.6) is 0 Å². The highest BCUT2D eigenvalue weighted by molar-refractivity contribution is 8.00. The molecule has 0 spiro atoms. The smallest absolute Gasteiger partial charge is 0.234 e. The molecule has 146 valence electrons. The van der Waals surface area contributed by atoms with E-state index in [1.54, 1.807) is 12.1 Å². The van der Waals surface area contributed by atoms with Crippen LogP contribution in [0.4, 0.5) is 5.69 Å². The van der Waals surface area contributed by atoms with Gasteiger partial charge < -0.3 is 9.88 Å². The molecule has 0 unspecified atom stereocenters. The first kappa shape index (κ1) is 19.9. The van der Waals surface area contributed by atoms with Crippen molar-refractivity contribution in [1.29, 1.82) is 0 Å². The maximum absolute atomic E-state index is 12.4. The topological polar surface area (TPSA) is 34.0 Å². The summed E-state index contributed by atoms with van der Waals surface area (Å²) in [6.45, 7) is 0.676. The molecule has 0 radical (unpaired) electrons. The molecule has 1 N–H and O–H groups in total. The Hall–Kier alpha value is -2.40. The van der Waals surface area contributed by atoms with Crippen LogP contribution in [0, 0.1) is 0 Å². The maximum atomic E-state index is 12.4. The van der Waals surface area contributed by atoms with Gasteiger partial charge in [0.25, 0.3) is 0 Å². The van der Waals surface area contributed by atoms with Gasteiger partial charge in [-0.1, -0.05) is 65.7 Å². The monoisotopic (exact) mass is 440 g/mol. The molecule has 0 saturated carbocycles. The Bertz CT molecular complexity index is 1170. The average molecular weight is 441 g/mol. The summed E-state index contributed by atoms with van der Waals surface area (Å²) in [5, 5.41) is 5.36. The highest BCUT2D eigenvalue weighted by Gasteiger charge is 2.12. The zero-order valence-electron chi connectivity index (χ0n) is 15.4. The fourth-order valence-electron chi connectivity index (χ4n) is 3.18. The molecular weight excluding hydrogens is 423 g/mol. The largest absolute Gasteiger partial charge is 0.342 e. The average Bonchev–Trinajstić information content (AvgIpc) is 3.06. The molecule has 4 rings (SSSR count). The third-order valence-electron chi connectivity index (χ3n) is 4.52. The van der Waals surface area contributed by atoms with Crippen LogP contribution in [-0.2, 0) is 11.3 Å². The van der Waals surface area contributed by atoms with Gasteiger partial charge in [-0.05, 0) is 35.9 Å². The molecule has 6 heteroatoms. The number of nitrogens with zero attached hydrogens (tertiary/aromatic N) is 1. The molecule has 3 aromatic carbocycles. The van der Waals surface area contributed by atoms with Crippen LogP contribution < -0.4 is 5.32 Å². The number of para-hydroxylation sites is 1. The van der Waals surface area contributed by atoms with Crippen molar-refractivity contribution in [3.8, 4) is 0 Å². The SMILES string of the molecule is O=C(CSc1cn(Cc2ccccc2Cl)c2ccccc12)Nc1cccc(Cl)c1. The lowest BCUT2D eigenvalue weighted by molar-refractivity contribution is -0.113. The molecule has 1 aromatic heterocycles. The molecule has 29 heavy (non-hydrogen) atoms. The first-order valence-corrected chi connectivity index (χ1v) is 10.8. The second-order valence-electron chi connectivity index (χ2n) is 6.58. The van der Waals surface area contributed by atoms with Crippen molar-refractivity contribution in [2.45, 2.75) is 11.4 Å². The molecule has 0 atom stereocenters. The summed E-state index contributed by atoms with van der Waals surface area (Å²) in [7, 11) is 0. The molecule has 1 amide bonds. The number of nitrogens with one attached hydrogen (secondary N) is 1. The second-order valence-corrected chi connectivity index (χ2v) is 8.44. The van der Waals surface area contributed by atoms with E-state index in [4.69, 9.17) is 23.2 Å². The molecule has 0 aliphatic carbocycles. The fourth-order valence-corrected chi connectivity index (χ4v) is 4.45. The van der Waals surface area contributed by atoms with Crippen LogP contribution in [0.3, 0.4) is 0 Å². The predicted octanol–water partition coefficient (Wildman–Crippen LogP) is 6.73. The summed E-state index contributed by atoms with van der Waals surface area (Å²) < 4.78 is 2.17. The van der Waals surface area contributed by atoms with Crippen molar-refractivity contribution in [2.75, 3.05) is 11.1 Å². The molecule has 4 aromatic rings. The van der Waals surface area contributed by atoms with Crippen LogP contribution in [-0.4, -0.2) is 16.2 Å². The Morgan fingerprint density at radius 1 is 0.966 bits per heavy atom. The van der Waals surface area contributed by atoms with E-state index in [2.05, 4.69) is 28.2 Å². The number of halogens is 2. The highest BCUT2D eigenvalue weighted by atomic mass is 35.5. The third-order valence-corrected chi connectivity index (χ3v) is 6.16. The van der Waals surface area contributed by atoms with Crippen LogP contribution in [0.25, 0.3) is 10.9 Å². The Labute approximate surface area is 183 Å². The van der Waals surface area contributed by atoms with Gasteiger partial charge in [0.2, 0.25) is 5.91 Å². The zero-order chi connectivity index (χ0) is 20.2. The van der Waals surface area contributed by atoms with Gasteiger partial charge in [-0.15, -0.1) is 11.8 Å². The molecule has 3 nitrogen and oxygen atoms in total. The first-order valence-electron chi connectivity index (χ1n) is 9.09. The minimum Gasteiger partial charge on any atom is -0.342 e.